The summed E-state index contributed by atoms with van der Waals surface area (Å²) in [6.45, 7) is 7.71. The van der Waals surface area contributed by atoms with Crippen molar-refractivity contribution >= 4 is 11.6 Å². The minimum absolute atomic E-state index is 0.0245. The van der Waals surface area contributed by atoms with E-state index in [2.05, 4.69) is 6.92 Å². The maximum Gasteiger partial charge on any atom is 0.272 e. The van der Waals surface area contributed by atoms with Crippen molar-refractivity contribution in [1.29, 1.82) is 0 Å². The van der Waals surface area contributed by atoms with Crippen molar-refractivity contribution in [3.8, 4) is 16.9 Å². The van der Waals surface area contributed by atoms with Gasteiger partial charge in [-0.25, -0.2) is 4.68 Å². The van der Waals surface area contributed by atoms with E-state index in [-0.39, 0.29) is 11.6 Å². The molecule has 1 fully saturated rings. The molecule has 1 aliphatic rings. The van der Waals surface area contributed by atoms with Gasteiger partial charge < -0.3 is 4.90 Å². The van der Waals surface area contributed by atoms with Crippen molar-refractivity contribution < 1.29 is 9.72 Å². The molecule has 4 rings (SSSR count). The SMILES string of the molecule is Cc1ccc(C)c(-n2nc(-c3ccc([N+](=O)[O-])cc3)cc2C(=O)N2CCC(C)CC2)c1. The molecule has 7 heteroatoms. The van der Waals surface area contributed by atoms with E-state index in [0.717, 1.165) is 48.3 Å². The van der Waals surface area contributed by atoms with E-state index in [1.54, 1.807) is 22.9 Å². The Morgan fingerprint density at radius 3 is 2.39 bits per heavy atom. The lowest BCUT2D eigenvalue weighted by atomic mass is 9.99. The van der Waals surface area contributed by atoms with Gasteiger partial charge in [-0.1, -0.05) is 19.1 Å². The number of hydrogen-bond donors (Lipinski definition) is 0. The summed E-state index contributed by atoms with van der Waals surface area (Å²) in [6.07, 6.45) is 2.00. The zero-order valence-corrected chi connectivity index (χ0v) is 18.0. The Morgan fingerprint density at radius 1 is 1.06 bits per heavy atom. The molecule has 0 unspecified atom stereocenters. The molecule has 0 saturated carbocycles. The molecule has 2 heterocycles. The second-order valence-electron chi connectivity index (χ2n) is 8.40. The molecule has 0 aliphatic carbocycles. The summed E-state index contributed by atoms with van der Waals surface area (Å²) in [6, 6.07) is 14.1. The van der Waals surface area contributed by atoms with E-state index < -0.39 is 4.92 Å². The zero-order chi connectivity index (χ0) is 22.1. The molecule has 3 aromatic rings. The fourth-order valence-corrected chi connectivity index (χ4v) is 3.93. The Labute approximate surface area is 181 Å². The van der Waals surface area contributed by atoms with Crippen LogP contribution in [0.25, 0.3) is 16.9 Å². The van der Waals surface area contributed by atoms with Gasteiger partial charge in [-0.2, -0.15) is 5.10 Å². The standard InChI is InChI=1S/C24H26N4O3/c1-16-10-12-26(13-11-16)24(29)23-15-21(19-6-8-20(9-7-19)28(30)31)25-27(23)22-14-17(2)4-5-18(22)3/h4-9,14-16H,10-13H2,1-3H3. The van der Waals surface area contributed by atoms with Crippen molar-refractivity contribution in [3.63, 3.8) is 0 Å². The number of rotatable bonds is 4. The lowest BCUT2D eigenvalue weighted by molar-refractivity contribution is -0.384. The fraction of sp³-hybridized carbons (Fsp3) is 0.333. The molecule has 2 aromatic carbocycles. The Balaban J connectivity index is 1.79. The van der Waals surface area contributed by atoms with Crippen molar-refractivity contribution in [1.82, 2.24) is 14.7 Å². The van der Waals surface area contributed by atoms with E-state index in [1.165, 1.54) is 12.1 Å². The summed E-state index contributed by atoms with van der Waals surface area (Å²) in [5, 5.41) is 15.7. The number of nitrogens with zero attached hydrogens (tertiary/aromatic N) is 4. The van der Waals surface area contributed by atoms with E-state index in [4.69, 9.17) is 5.10 Å². The summed E-state index contributed by atoms with van der Waals surface area (Å²) in [5.74, 6) is 0.595. The van der Waals surface area contributed by atoms with Crippen LogP contribution in [0, 0.1) is 29.9 Å². The molecule has 0 atom stereocenters. The molecule has 1 saturated heterocycles. The average molecular weight is 418 g/mol. The Bertz CT molecular complexity index is 1130. The fourth-order valence-electron chi connectivity index (χ4n) is 3.93. The first-order valence-corrected chi connectivity index (χ1v) is 10.6. The van der Waals surface area contributed by atoms with E-state index in [0.29, 0.717) is 17.3 Å². The highest BCUT2D eigenvalue weighted by Gasteiger charge is 2.26. The van der Waals surface area contributed by atoms with Gasteiger partial charge in [-0.05, 0) is 68.0 Å². The van der Waals surface area contributed by atoms with Crippen molar-refractivity contribution in [2.75, 3.05) is 13.1 Å². The van der Waals surface area contributed by atoms with Crippen LogP contribution in [-0.2, 0) is 0 Å². The molecule has 0 radical (unpaired) electrons. The highest BCUT2D eigenvalue weighted by atomic mass is 16.6. The van der Waals surface area contributed by atoms with Crippen molar-refractivity contribution in [2.45, 2.75) is 33.6 Å². The van der Waals surface area contributed by atoms with Crippen LogP contribution in [0.4, 0.5) is 5.69 Å². The average Bonchev–Trinajstić information content (AvgIpc) is 3.20. The maximum atomic E-state index is 13.5. The summed E-state index contributed by atoms with van der Waals surface area (Å²) < 4.78 is 1.72. The van der Waals surface area contributed by atoms with E-state index in [1.807, 2.05) is 36.9 Å². The molecule has 1 aromatic heterocycles. The molecule has 7 nitrogen and oxygen atoms in total. The molecule has 0 bridgehead atoms. The van der Waals surface area contributed by atoms with Crippen LogP contribution in [0.3, 0.4) is 0 Å². The molecule has 160 valence electrons. The lowest BCUT2D eigenvalue weighted by Gasteiger charge is -2.30. The number of nitro groups is 1. The van der Waals surface area contributed by atoms with Gasteiger partial charge in [0.05, 0.1) is 16.3 Å². The van der Waals surface area contributed by atoms with Crippen LogP contribution in [0.1, 0.15) is 41.4 Å². The second kappa shape index (κ2) is 8.34. The molecule has 31 heavy (non-hydrogen) atoms. The third-order valence-corrected chi connectivity index (χ3v) is 5.97. The number of carbonyl (C=O) groups is 1. The number of non-ortho nitro benzene ring substituents is 1. The van der Waals surface area contributed by atoms with E-state index >= 15 is 0 Å². The topological polar surface area (TPSA) is 81.3 Å². The monoisotopic (exact) mass is 418 g/mol. The first-order valence-electron chi connectivity index (χ1n) is 10.6. The number of carbonyl (C=O) groups excluding carboxylic acids is 1. The quantitative estimate of drug-likeness (QED) is 0.444. The third-order valence-electron chi connectivity index (χ3n) is 5.97. The van der Waals surface area contributed by atoms with Crippen LogP contribution < -0.4 is 0 Å². The summed E-state index contributed by atoms with van der Waals surface area (Å²) in [4.78, 5) is 25.9. The lowest BCUT2D eigenvalue weighted by Crippen LogP contribution is -2.38. The van der Waals surface area contributed by atoms with E-state index in [9.17, 15) is 14.9 Å². The number of amides is 1. The van der Waals surface area contributed by atoms with Gasteiger partial charge >= 0.3 is 0 Å². The number of piperidine rings is 1. The first kappa shape index (κ1) is 20.8. The summed E-state index contributed by atoms with van der Waals surface area (Å²) in [5.41, 5.74) is 4.85. The molecular weight excluding hydrogens is 392 g/mol. The van der Waals surface area contributed by atoms with Gasteiger partial charge in [0.25, 0.3) is 11.6 Å². The zero-order valence-electron chi connectivity index (χ0n) is 18.0. The van der Waals surface area contributed by atoms with Crippen LogP contribution in [0.2, 0.25) is 0 Å². The smallest absolute Gasteiger partial charge is 0.272 e. The van der Waals surface area contributed by atoms with Crippen LogP contribution >= 0.6 is 0 Å². The highest BCUT2D eigenvalue weighted by Crippen LogP contribution is 2.27. The molecule has 0 N–H and O–H groups in total. The van der Waals surface area contributed by atoms with Crippen LogP contribution in [0.15, 0.2) is 48.5 Å². The minimum atomic E-state index is -0.426. The van der Waals surface area contributed by atoms with Gasteiger partial charge in [0.1, 0.15) is 5.69 Å². The molecule has 1 aliphatic heterocycles. The minimum Gasteiger partial charge on any atom is -0.337 e. The number of benzene rings is 2. The number of nitro benzene ring substituents is 1. The molecule has 1 amide bonds. The predicted octanol–water partition coefficient (Wildman–Crippen LogP) is 4.94. The third kappa shape index (κ3) is 4.21. The van der Waals surface area contributed by atoms with Gasteiger partial charge in [0, 0.05) is 30.8 Å². The highest BCUT2D eigenvalue weighted by molar-refractivity contribution is 5.94. The number of likely N-dealkylation sites (tertiary alicyclic amines) is 1. The number of aryl methyl sites for hydroxylation is 2. The Hall–Kier alpha value is -3.48. The normalized spacial score (nSPS) is 14.6. The maximum absolute atomic E-state index is 13.5. The summed E-state index contributed by atoms with van der Waals surface area (Å²) in [7, 11) is 0. The van der Waals surface area contributed by atoms with Crippen molar-refractivity contribution in [3.05, 3.63) is 75.5 Å². The van der Waals surface area contributed by atoms with Gasteiger partial charge in [0.2, 0.25) is 0 Å². The predicted molar refractivity (Wildman–Crippen MR) is 119 cm³/mol. The summed E-state index contributed by atoms with van der Waals surface area (Å²) >= 11 is 0. The number of aromatic nitrogens is 2. The van der Waals surface area contributed by atoms with Gasteiger partial charge in [-0.3, -0.25) is 14.9 Å². The second-order valence-corrected chi connectivity index (χ2v) is 8.40. The molecule has 0 spiro atoms. The van der Waals surface area contributed by atoms with Gasteiger partial charge in [0.15, 0.2) is 0 Å². The van der Waals surface area contributed by atoms with Gasteiger partial charge in [-0.15, -0.1) is 0 Å². The molecular formula is C24H26N4O3. The van der Waals surface area contributed by atoms with Crippen LogP contribution in [0.5, 0.6) is 0 Å². The number of hydrogen-bond acceptors (Lipinski definition) is 4. The first-order chi connectivity index (χ1) is 14.8. The van der Waals surface area contributed by atoms with Crippen LogP contribution in [-0.4, -0.2) is 38.6 Å². The van der Waals surface area contributed by atoms with Crippen molar-refractivity contribution in [2.24, 2.45) is 5.92 Å². The largest absolute Gasteiger partial charge is 0.337 e. The Morgan fingerprint density at radius 2 is 1.74 bits per heavy atom. The Kier molecular flexibility index (Phi) is 5.59.